The monoisotopic (exact) mass is 318 g/mol. The summed E-state index contributed by atoms with van der Waals surface area (Å²) in [6.45, 7) is -2.00. The van der Waals surface area contributed by atoms with Crippen LogP contribution in [0.2, 0.25) is 0 Å². The molecule has 1 aromatic carbocycles. The third-order valence-electron chi connectivity index (χ3n) is 2.71. The molecular weight excluding hydrogens is 305 g/mol. The van der Waals surface area contributed by atoms with Crippen LogP contribution in [-0.4, -0.2) is 36.4 Å². The minimum Gasteiger partial charge on any atom is -0.408 e. The first-order valence-electron chi connectivity index (χ1n) is 6.36. The van der Waals surface area contributed by atoms with Gasteiger partial charge in [0.25, 0.3) is 0 Å². The summed E-state index contributed by atoms with van der Waals surface area (Å²) in [5.41, 5.74) is 0.824. The Hall–Kier alpha value is -2.29. The highest BCUT2D eigenvalue weighted by atomic mass is 19.4. The second-order valence-electron chi connectivity index (χ2n) is 4.44. The van der Waals surface area contributed by atoms with E-state index >= 15 is 0 Å². The van der Waals surface area contributed by atoms with Crippen molar-refractivity contribution < 1.29 is 27.1 Å². The van der Waals surface area contributed by atoms with E-state index in [1.807, 2.05) is 0 Å². The summed E-state index contributed by atoms with van der Waals surface area (Å²) in [5, 5.41) is 2.37. The molecule has 0 radical (unpaired) electrons. The molecule has 1 N–H and O–H groups in total. The lowest BCUT2D eigenvalue weighted by Gasteiger charge is -2.08. The number of benzene rings is 1. The lowest BCUT2D eigenvalue weighted by Crippen LogP contribution is -2.33. The molecule has 0 fully saturated rings. The van der Waals surface area contributed by atoms with Crippen molar-refractivity contribution in [1.29, 1.82) is 0 Å². The third-order valence-corrected chi connectivity index (χ3v) is 2.71. The molecule has 0 atom stereocenters. The highest BCUT2D eigenvalue weighted by Crippen LogP contribution is 2.14. The smallest absolute Gasteiger partial charge is 0.408 e. The average molecular weight is 318 g/mol. The zero-order chi connectivity index (χ0) is 16.2. The van der Waals surface area contributed by atoms with E-state index in [0.29, 0.717) is 11.1 Å². The molecule has 1 amide bonds. The van der Waals surface area contributed by atoms with Gasteiger partial charge in [-0.25, -0.2) is 4.79 Å². The number of halogens is 3. The highest BCUT2D eigenvalue weighted by molar-refractivity contribution is 5.79. The molecule has 1 aromatic heterocycles. The molecule has 22 heavy (non-hydrogen) atoms. The molecule has 0 aliphatic carbocycles. The van der Waals surface area contributed by atoms with Crippen molar-refractivity contribution in [1.82, 2.24) is 9.88 Å². The van der Waals surface area contributed by atoms with Gasteiger partial charge in [-0.3, -0.25) is 9.36 Å². The summed E-state index contributed by atoms with van der Waals surface area (Å²) < 4.78 is 45.9. The molecule has 0 aliphatic rings. The first-order chi connectivity index (χ1) is 10.4. The number of ether oxygens (including phenoxy) is 1. The van der Waals surface area contributed by atoms with Crippen LogP contribution in [0, 0.1) is 0 Å². The second-order valence-corrected chi connectivity index (χ2v) is 4.44. The van der Waals surface area contributed by atoms with E-state index in [1.165, 1.54) is 0 Å². The van der Waals surface area contributed by atoms with Gasteiger partial charge in [0.15, 0.2) is 5.58 Å². The number of nitrogens with zero attached hydrogens (tertiary/aromatic N) is 1. The van der Waals surface area contributed by atoms with Crippen LogP contribution in [0.15, 0.2) is 33.5 Å². The molecule has 6 nitrogen and oxygen atoms in total. The second kappa shape index (κ2) is 6.65. The number of nitrogens with one attached hydrogen (secondary N) is 1. The van der Waals surface area contributed by atoms with Crippen molar-refractivity contribution in [2.45, 2.75) is 12.7 Å². The summed E-state index contributed by atoms with van der Waals surface area (Å²) >= 11 is 0. The number of amides is 1. The van der Waals surface area contributed by atoms with E-state index in [-0.39, 0.29) is 19.7 Å². The quantitative estimate of drug-likeness (QED) is 0.815. The van der Waals surface area contributed by atoms with Gasteiger partial charge in [0.2, 0.25) is 5.91 Å². The number of hydrogen-bond donors (Lipinski definition) is 1. The van der Waals surface area contributed by atoms with Gasteiger partial charge in [0.1, 0.15) is 13.2 Å². The van der Waals surface area contributed by atoms with Crippen molar-refractivity contribution in [3.8, 4) is 0 Å². The van der Waals surface area contributed by atoms with Crippen LogP contribution in [0.5, 0.6) is 0 Å². The molecule has 2 rings (SSSR count). The first-order valence-corrected chi connectivity index (χ1v) is 6.36. The van der Waals surface area contributed by atoms with E-state index < -0.39 is 24.4 Å². The number of hydrogen-bond acceptors (Lipinski definition) is 4. The summed E-state index contributed by atoms with van der Waals surface area (Å²) in [4.78, 5) is 23.3. The van der Waals surface area contributed by atoms with Gasteiger partial charge in [-0.2, -0.15) is 13.2 Å². The maximum atomic E-state index is 11.8. The van der Waals surface area contributed by atoms with Gasteiger partial charge in [-0.15, -0.1) is 0 Å². The van der Waals surface area contributed by atoms with Gasteiger partial charge < -0.3 is 14.5 Å². The summed E-state index contributed by atoms with van der Waals surface area (Å²) in [6.07, 6.45) is -4.40. The van der Waals surface area contributed by atoms with Crippen molar-refractivity contribution in [2.75, 3.05) is 19.8 Å². The lowest BCUT2D eigenvalue weighted by molar-refractivity contribution is -0.173. The summed E-state index contributed by atoms with van der Waals surface area (Å²) in [5.74, 6) is -1.20. The fourth-order valence-corrected chi connectivity index (χ4v) is 1.81. The van der Waals surface area contributed by atoms with Gasteiger partial charge in [-0.1, -0.05) is 12.1 Å². The standard InChI is InChI=1S/C13H13F3N2O4/c14-13(15,16)8-21-6-5-17-11(19)7-18-9-3-1-2-4-10(9)22-12(18)20/h1-4H,5-8H2,(H,17,19). The number of alkyl halides is 3. The molecule has 9 heteroatoms. The minimum atomic E-state index is -4.40. The SMILES string of the molecule is O=C(Cn1c(=O)oc2ccccc21)NCCOCC(F)(F)F. The molecule has 0 bridgehead atoms. The van der Waals surface area contributed by atoms with Gasteiger partial charge in [0, 0.05) is 6.54 Å². The first kappa shape index (κ1) is 16.1. The van der Waals surface area contributed by atoms with E-state index in [1.54, 1.807) is 24.3 Å². The number of fused-ring (bicyclic) bond motifs is 1. The predicted octanol–water partition coefficient (Wildman–Crippen LogP) is 1.29. The van der Waals surface area contributed by atoms with E-state index in [9.17, 15) is 22.8 Å². The Labute approximate surface area is 122 Å². The Balaban J connectivity index is 1.84. The van der Waals surface area contributed by atoms with Crippen LogP contribution in [0.4, 0.5) is 13.2 Å². The highest BCUT2D eigenvalue weighted by Gasteiger charge is 2.27. The third kappa shape index (κ3) is 4.35. The molecular formula is C13H13F3N2O4. The van der Waals surface area contributed by atoms with Crippen molar-refractivity contribution >= 4 is 17.0 Å². The van der Waals surface area contributed by atoms with Crippen molar-refractivity contribution in [3.63, 3.8) is 0 Å². The van der Waals surface area contributed by atoms with Gasteiger partial charge in [0.05, 0.1) is 12.1 Å². The number of rotatable bonds is 6. The maximum Gasteiger partial charge on any atom is 0.420 e. The lowest BCUT2D eigenvalue weighted by atomic mass is 10.3. The van der Waals surface area contributed by atoms with Crippen LogP contribution in [0.3, 0.4) is 0 Å². The maximum absolute atomic E-state index is 11.8. The molecule has 120 valence electrons. The molecule has 2 aromatic rings. The largest absolute Gasteiger partial charge is 0.420 e. The van der Waals surface area contributed by atoms with Crippen molar-refractivity contribution in [2.24, 2.45) is 0 Å². The molecule has 0 unspecified atom stereocenters. The Bertz CT molecular complexity index is 705. The van der Waals surface area contributed by atoms with E-state index in [0.717, 1.165) is 4.57 Å². The Morgan fingerprint density at radius 1 is 1.32 bits per heavy atom. The van der Waals surface area contributed by atoms with Crippen LogP contribution in [0.25, 0.3) is 11.1 Å². The molecule has 0 spiro atoms. The van der Waals surface area contributed by atoms with Crippen LogP contribution in [-0.2, 0) is 16.1 Å². The van der Waals surface area contributed by atoms with E-state index in [4.69, 9.17) is 4.42 Å². The Kier molecular flexibility index (Phi) is 4.86. The summed E-state index contributed by atoms with van der Waals surface area (Å²) in [7, 11) is 0. The fourth-order valence-electron chi connectivity index (χ4n) is 1.81. The number of para-hydroxylation sites is 2. The van der Waals surface area contributed by atoms with Crippen LogP contribution >= 0.6 is 0 Å². The average Bonchev–Trinajstić information content (AvgIpc) is 2.74. The minimum absolute atomic E-state index is 0.0839. The zero-order valence-electron chi connectivity index (χ0n) is 11.4. The van der Waals surface area contributed by atoms with Gasteiger partial charge in [-0.05, 0) is 12.1 Å². The molecule has 1 heterocycles. The molecule has 0 saturated heterocycles. The number of aromatic nitrogens is 1. The van der Waals surface area contributed by atoms with Crippen molar-refractivity contribution in [3.05, 3.63) is 34.8 Å². The predicted molar refractivity (Wildman–Crippen MR) is 70.4 cm³/mol. The van der Waals surface area contributed by atoms with Gasteiger partial charge >= 0.3 is 11.9 Å². The summed E-state index contributed by atoms with van der Waals surface area (Å²) in [6, 6.07) is 6.60. The molecule has 0 aliphatic heterocycles. The molecule has 0 saturated carbocycles. The Morgan fingerprint density at radius 2 is 2.05 bits per heavy atom. The van der Waals surface area contributed by atoms with Crippen LogP contribution < -0.4 is 11.1 Å². The van der Waals surface area contributed by atoms with E-state index in [2.05, 4.69) is 10.1 Å². The number of oxazole rings is 1. The zero-order valence-corrected chi connectivity index (χ0v) is 11.4. The fraction of sp³-hybridized carbons (Fsp3) is 0.385. The number of carbonyl (C=O) groups excluding carboxylic acids is 1. The van der Waals surface area contributed by atoms with Crippen LogP contribution in [0.1, 0.15) is 0 Å². The topological polar surface area (TPSA) is 73.5 Å². The number of carbonyl (C=O) groups is 1. The normalized spacial score (nSPS) is 11.8. The Morgan fingerprint density at radius 3 is 2.77 bits per heavy atom.